The standard InChI is InChI=1S/C9H11NO4/c10-14-5-8(9(12)13)6-1-3-7(11)4-2-6/h1-4,8,11H,5,10H2,(H,12,13). The van der Waals surface area contributed by atoms with Crippen molar-refractivity contribution in [2.24, 2.45) is 5.90 Å². The van der Waals surface area contributed by atoms with Crippen LogP contribution in [-0.4, -0.2) is 22.8 Å². The summed E-state index contributed by atoms with van der Waals surface area (Å²) in [5.41, 5.74) is 0.542. The largest absolute Gasteiger partial charge is 0.508 e. The van der Waals surface area contributed by atoms with Gasteiger partial charge in [0.2, 0.25) is 0 Å². The fourth-order valence-electron chi connectivity index (χ4n) is 1.11. The average Bonchev–Trinajstić information content (AvgIpc) is 2.15. The molecule has 0 saturated heterocycles. The molecule has 1 aromatic rings. The summed E-state index contributed by atoms with van der Waals surface area (Å²) >= 11 is 0. The predicted octanol–water partition coefficient (Wildman–Crippen LogP) is 0.451. The number of aliphatic carboxylic acids is 1. The highest BCUT2D eigenvalue weighted by Gasteiger charge is 2.19. The second-order valence-electron chi connectivity index (χ2n) is 2.82. The summed E-state index contributed by atoms with van der Waals surface area (Å²) in [6, 6.07) is 5.88. The zero-order chi connectivity index (χ0) is 10.6. The molecule has 4 N–H and O–H groups in total. The summed E-state index contributed by atoms with van der Waals surface area (Å²) in [6.45, 7) is -0.0971. The van der Waals surface area contributed by atoms with Crippen molar-refractivity contribution in [2.75, 3.05) is 6.61 Å². The molecule has 0 aliphatic heterocycles. The van der Waals surface area contributed by atoms with Crippen LogP contribution in [0.15, 0.2) is 24.3 Å². The quantitative estimate of drug-likeness (QED) is 0.609. The number of phenolic OH excluding ortho intramolecular Hbond substituents is 1. The van der Waals surface area contributed by atoms with Crippen LogP contribution >= 0.6 is 0 Å². The maximum absolute atomic E-state index is 10.8. The fraction of sp³-hybridized carbons (Fsp3) is 0.222. The van der Waals surface area contributed by atoms with Gasteiger partial charge in [0.05, 0.1) is 6.61 Å². The second-order valence-corrected chi connectivity index (χ2v) is 2.82. The van der Waals surface area contributed by atoms with Gasteiger partial charge in [-0.1, -0.05) is 12.1 Å². The number of rotatable bonds is 4. The number of phenols is 1. The molecule has 0 fully saturated rings. The van der Waals surface area contributed by atoms with Crippen molar-refractivity contribution in [1.29, 1.82) is 0 Å². The minimum Gasteiger partial charge on any atom is -0.508 e. The molecule has 1 atom stereocenters. The SMILES string of the molecule is NOCC(C(=O)O)c1ccc(O)cc1. The molecule has 0 radical (unpaired) electrons. The van der Waals surface area contributed by atoms with Gasteiger partial charge in [-0.15, -0.1) is 0 Å². The number of aromatic hydroxyl groups is 1. The van der Waals surface area contributed by atoms with E-state index in [0.717, 1.165) is 0 Å². The summed E-state index contributed by atoms with van der Waals surface area (Å²) < 4.78 is 0. The molecular weight excluding hydrogens is 186 g/mol. The Kier molecular flexibility index (Phi) is 3.44. The van der Waals surface area contributed by atoms with Crippen LogP contribution in [0, 0.1) is 0 Å². The summed E-state index contributed by atoms with van der Waals surface area (Å²) in [5, 5.41) is 17.8. The maximum Gasteiger partial charge on any atom is 0.313 e. The van der Waals surface area contributed by atoms with Crippen molar-refractivity contribution in [3.8, 4) is 5.75 Å². The van der Waals surface area contributed by atoms with Crippen molar-refractivity contribution >= 4 is 5.97 Å². The summed E-state index contributed by atoms with van der Waals surface area (Å²) in [4.78, 5) is 15.1. The Morgan fingerprint density at radius 3 is 2.43 bits per heavy atom. The highest BCUT2D eigenvalue weighted by molar-refractivity contribution is 5.76. The van der Waals surface area contributed by atoms with Crippen molar-refractivity contribution in [1.82, 2.24) is 0 Å². The second kappa shape index (κ2) is 4.59. The first-order valence-corrected chi connectivity index (χ1v) is 3.98. The molecule has 0 heterocycles. The zero-order valence-electron chi connectivity index (χ0n) is 7.38. The lowest BCUT2D eigenvalue weighted by atomic mass is 10.0. The molecule has 0 amide bonds. The van der Waals surface area contributed by atoms with Gasteiger partial charge in [0, 0.05) is 0 Å². The van der Waals surface area contributed by atoms with Crippen molar-refractivity contribution < 1.29 is 19.8 Å². The van der Waals surface area contributed by atoms with E-state index in [2.05, 4.69) is 4.84 Å². The normalized spacial score (nSPS) is 12.4. The van der Waals surface area contributed by atoms with E-state index in [1.165, 1.54) is 24.3 Å². The molecule has 0 spiro atoms. The van der Waals surface area contributed by atoms with Crippen LogP contribution in [0.4, 0.5) is 0 Å². The van der Waals surface area contributed by atoms with Gasteiger partial charge in [-0.2, -0.15) is 0 Å². The van der Waals surface area contributed by atoms with E-state index < -0.39 is 11.9 Å². The van der Waals surface area contributed by atoms with Crippen LogP contribution in [-0.2, 0) is 9.63 Å². The molecule has 0 aliphatic carbocycles. The number of nitrogens with two attached hydrogens (primary N) is 1. The van der Waals surface area contributed by atoms with Gasteiger partial charge in [-0.05, 0) is 17.7 Å². The van der Waals surface area contributed by atoms with Crippen molar-refractivity contribution in [3.05, 3.63) is 29.8 Å². The average molecular weight is 197 g/mol. The molecule has 14 heavy (non-hydrogen) atoms. The Morgan fingerprint density at radius 2 is 2.00 bits per heavy atom. The third kappa shape index (κ3) is 2.45. The molecular formula is C9H11NO4. The van der Waals surface area contributed by atoms with Gasteiger partial charge in [0.15, 0.2) is 0 Å². The van der Waals surface area contributed by atoms with E-state index in [0.29, 0.717) is 5.56 Å². The Labute approximate surface area is 80.7 Å². The Morgan fingerprint density at radius 1 is 1.43 bits per heavy atom. The minimum absolute atomic E-state index is 0.0894. The predicted molar refractivity (Wildman–Crippen MR) is 48.6 cm³/mol. The molecule has 5 heteroatoms. The van der Waals surface area contributed by atoms with Gasteiger partial charge in [-0.3, -0.25) is 4.79 Å². The number of carboxylic acid groups (broad SMARTS) is 1. The summed E-state index contributed by atoms with van der Waals surface area (Å²) in [6.07, 6.45) is 0. The third-order valence-corrected chi connectivity index (χ3v) is 1.86. The summed E-state index contributed by atoms with van der Waals surface area (Å²) in [5.74, 6) is 3.09. The van der Waals surface area contributed by atoms with Crippen LogP contribution in [0.5, 0.6) is 5.75 Å². The summed E-state index contributed by atoms with van der Waals surface area (Å²) in [7, 11) is 0. The molecule has 0 aliphatic rings. The van der Waals surface area contributed by atoms with Crippen molar-refractivity contribution in [2.45, 2.75) is 5.92 Å². The van der Waals surface area contributed by atoms with E-state index >= 15 is 0 Å². The lowest BCUT2D eigenvalue weighted by Crippen LogP contribution is -2.19. The Bertz CT molecular complexity index is 309. The molecule has 76 valence electrons. The molecule has 1 rings (SSSR count). The smallest absolute Gasteiger partial charge is 0.313 e. The Balaban J connectivity index is 2.87. The van der Waals surface area contributed by atoms with E-state index in [9.17, 15) is 4.79 Å². The van der Waals surface area contributed by atoms with Crippen LogP contribution in [0.3, 0.4) is 0 Å². The molecule has 5 nitrogen and oxygen atoms in total. The van der Waals surface area contributed by atoms with E-state index in [4.69, 9.17) is 16.1 Å². The van der Waals surface area contributed by atoms with Crippen LogP contribution < -0.4 is 5.90 Å². The first kappa shape index (κ1) is 10.5. The highest BCUT2D eigenvalue weighted by Crippen LogP contribution is 2.19. The topological polar surface area (TPSA) is 92.8 Å². The molecule has 0 saturated carbocycles. The van der Waals surface area contributed by atoms with E-state index in [1.54, 1.807) is 0 Å². The first-order valence-electron chi connectivity index (χ1n) is 3.98. The van der Waals surface area contributed by atoms with Crippen LogP contribution in [0.25, 0.3) is 0 Å². The monoisotopic (exact) mass is 197 g/mol. The zero-order valence-corrected chi connectivity index (χ0v) is 7.38. The number of carboxylic acids is 1. The lowest BCUT2D eigenvalue weighted by Gasteiger charge is -2.10. The van der Waals surface area contributed by atoms with Crippen LogP contribution in [0.2, 0.25) is 0 Å². The first-order chi connectivity index (χ1) is 6.65. The fourth-order valence-corrected chi connectivity index (χ4v) is 1.11. The molecule has 0 aromatic heterocycles. The highest BCUT2D eigenvalue weighted by atomic mass is 16.6. The van der Waals surface area contributed by atoms with Gasteiger partial charge in [0.1, 0.15) is 11.7 Å². The third-order valence-electron chi connectivity index (χ3n) is 1.86. The minimum atomic E-state index is -1.01. The van der Waals surface area contributed by atoms with Gasteiger partial charge in [-0.25, -0.2) is 5.90 Å². The molecule has 1 aromatic carbocycles. The molecule has 0 bridgehead atoms. The number of hydrogen-bond acceptors (Lipinski definition) is 4. The number of benzene rings is 1. The lowest BCUT2D eigenvalue weighted by molar-refractivity contribution is -0.140. The number of hydrogen-bond donors (Lipinski definition) is 3. The molecule has 1 unspecified atom stereocenters. The van der Waals surface area contributed by atoms with Crippen LogP contribution in [0.1, 0.15) is 11.5 Å². The van der Waals surface area contributed by atoms with Gasteiger partial charge >= 0.3 is 5.97 Å². The Hall–Kier alpha value is -1.59. The maximum atomic E-state index is 10.8. The van der Waals surface area contributed by atoms with Crippen molar-refractivity contribution in [3.63, 3.8) is 0 Å². The van der Waals surface area contributed by atoms with Gasteiger partial charge in [0.25, 0.3) is 0 Å². The van der Waals surface area contributed by atoms with E-state index in [1.807, 2.05) is 0 Å². The van der Waals surface area contributed by atoms with Gasteiger partial charge < -0.3 is 15.1 Å². The van der Waals surface area contributed by atoms with E-state index in [-0.39, 0.29) is 12.4 Å². The number of carbonyl (C=O) groups is 1.